The fourth-order valence-corrected chi connectivity index (χ4v) is 2.99. The third-order valence-electron chi connectivity index (χ3n) is 4.13. The highest BCUT2D eigenvalue weighted by molar-refractivity contribution is 5.88. The molecule has 3 nitrogen and oxygen atoms in total. The summed E-state index contributed by atoms with van der Waals surface area (Å²) < 4.78 is 4.96. The van der Waals surface area contributed by atoms with Crippen molar-refractivity contribution in [2.24, 2.45) is 17.8 Å². The maximum Gasteiger partial charge on any atom is 0.333 e. The molecule has 2 saturated carbocycles. The Morgan fingerprint density at radius 3 is 2.76 bits per heavy atom. The number of hydrogen-bond donors (Lipinski definition) is 1. The number of aliphatic hydroxyl groups is 1. The Morgan fingerprint density at radius 1 is 1.41 bits per heavy atom. The molecule has 2 rings (SSSR count). The molecule has 3 heteroatoms. The van der Waals surface area contributed by atoms with Gasteiger partial charge in [0.15, 0.2) is 0 Å². The molecule has 1 N–H and O–H groups in total. The van der Waals surface area contributed by atoms with Gasteiger partial charge >= 0.3 is 5.97 Å². The molecule has 96 valence electrons. The highest BCUT2D eigenvalue weighted by atomic mass is 16.5. The van der Waals surface area contributed by atoms with Crippen LogP contribution in [0, 0.1) is 17.8 Å². The molecule has 2 fully saturated rings. The first-order valence-electron chi connectivity index (χ1n) is 6.67. The summed E-state index contributed by atoms with van der Waals surface area (Å²) in [7, 11) is 0. The largest absolute Gasteiger partial charge is 0.463 e. The average Bonchev–Trinajstić information content (AvgIpc) is 2.95. The summed E-state index contributed by atoms with van der Waals surface area (Å²) in [6, 6.07) is 0. The lowest BCUT2D eigenvalue weighted by Crippen LogP contribution is -2.14. The van der Waals surface area contributed by atoms with E-state index in [4.69, 9.17) is 4.74 Å². The van der Waals surface area contributed by atoms with Crippen molar-refractivity contribution in [3.05, 3.63) is 12.2 Å². The molecule has 2 unspecified atom stereocenters. The van der Waals surface area contributed by atoms with Gasteiger partial charge in [-0.1, -0.05) is 13.0 Å². The Labute approximate surface area is 103 Å². The van der Waals surface area contributed by atoms with Crippen molar-refractivity contribution in [1.29, 1.82) is 0 Å². The normalized spacial score (nSPS) is 35.6. The fraction of sp³-hybridized carbons (Fsp3) is 0.786. The van der Waals surface area contributed by atoms with Crippen molar-refractivity contribution in [2.45, 2.75) is 45.1 Å². The highest BCUT2D eigenvalue weighted by Crippen LogP contribution is 2.49. The standard InChI is InChI=1S/C14H22O3/c1-3-17-14(16)9(2)12-8-11(12)7-10-5-4-6-13(10)15/h10-13,15H,2-8H2,1H3/t10?,11-,12-,13?/m1/s1. The molecule has 0 spiro atoms. The molecule has 2 aliphatic rings. The van der Waals surface area contributed by atoms with Gasteiger partial charge in [0.1, 0.15) is 0 Å². The minimum Gasteiger partial charge on any atom is -0.463 e. The van der Waals surface area contributed by atoms with Crippen LogP contribution in [0.1, 0.15) is 39.0 Å². The Morgan fingerprint density at radius 2 is 2.18 bits per heavy atom. The van der Waals surface area contributed by atoms with E-state index < -0.39 is 0 Å². The van der Waals surface area contributed by atoms with Crippen molar-refractivity contribution < 1.29 is 14.6 Å². The predicted molar refractivity (Wildman–Crippen MR) is 65.3 cm³/mol. The van der Waals surface area contributed by atoms with Gasteiger partial charge in [0.2, 0.25) is 0 Å². The lowest BCUT2D eigenvalue weighted by Gasteiger charge is -2.13. The quantitative estimate of drug-likeness (QED) is 0.590. The SMILES string of the molecule is C=C(C(=O)OCC)[C@H]1C[C@H]1CC1CCCC1O. The molecule has 0 saturated heterocycles. The van der Waals surface area contributed by atoms with Crippen LogP contribution in [0.5, 0.6) is 0 Å². The van der Waals surface area contributed by atoms with E-state index in [2.05, 4.69) is 6.58 Å². The minimum atomic E-state index is -0.244. The molecule has 0 aromatic carbocycles. The van der Waals surface area contributed by atoms with Crippen LogP contribution in [-0.4, -0.2) is 23.8 Å². The van der Waals surface area contributed by atoms with Gasteiger partial charge in [-0.05, 0) is 50.4 Å². The van der Waals surface area contributed by atoms with Crippen LogP contribution >= 0.6 is 0 Å². The number of ether oxygens (including phenoxy) is 1. The van der Waals surface area contributed by atoms with Gasteiger partial charge in [-0.25, -0.2) is 4.79 Å². The fourth-order valence-electron chi connectivity index (χ4n) is 2.99. The molecule has 17 heavy (non-hydrogen) atoms. The first kappa shape index (κ1) is 12.6. The lowest BCUT2D eigenvalue weighted by atomic mass is 9.97. The van der Waals surface area contributed by atoms with Gasteiger partial charge in [0.05, 0.1) is 12.7 Å². The van der Waals surface area contributed by atoms with Crippen LogP contribution < -0.4 is 0 Å². The molecule has 0 heterocycles. The smallest absolute Gasteiger partial charge is 0.333 e. The summed E-state index contributed by atoms with van der Waals surface area (Å²) in [5, 5.41) is 9.77. The summed E-state index contributed by atoms with van der Waals surface area (Å²) in [5.41, 5.74) is 0.629. The zero-order valence-corrected chi connectivity index (χ0v) is 10.5. The van der Waals surface area contributed by atoms with Crippen LogP contribution in [0.15, 0.2) is 12.2 Å². The first-order valence-corrected chi connectivity index (χ1v) is 6.67. The summed E-state index contributed by atoms with van der Waals surface area (Å²) in [6.07, 6.45) is 5.19. The molecule has 4 atom stereocenters. The Balaban J connectivity index is 1.76. The predicted octanol–water partition coefficient (Wildman–Crippen LogP) is 2.29. The van der Waals surface area contributed by atoms with Crippen LogP contribution in [0.4, 0.5) is 0 Å². The van der Waals surface area contributed by atoms with Gasteiger partial charge in [-0.2, -0.15) is 0 Å². The maximum absolute atomic E-state index is 11.5. The lowest BCUT2D eigenvalue weighted by molar-refractivity contribution is -0.138. The number of carbonyl (C=O) groups is 1. The molecule has 0 aromatic rings. The van der Waals surface area contributed by atoms with Crippen molar-refractivity contribution in [2.75, 3.05) is 6.61 Å². The van der Waals surface area contributed by atoms with Crippen molar-refractivity contribution in [3.8, 4) is 0 Å². The van der Waals surface area contributed by atoms with Crippen LogP contribution in [0.25, 0.3) is 0 Å². The summed E-state index contributed by atoms with van der Waals surface area (Å²) in [4.78, 5) is 11.5. The van der Waals surface area contributed by atoms with Crippen molar-refractivity contribution in [3.63, 3.8) is 0 Å². The molecule has 0 bridgehead atoms. The Kier molecular flexibility index (Phi) is 3.87. The summed E-state index contributed by atoms with van der Waals surface area (Å²) in [6.45, 7) is 6.07. The van der Waals surface area contributed by atoms with Crippen molar-refractivity contribution >= 4 is 5.97 Å². The minimum absolute atomic E-state index is 0.118. The first-order chi connectivity index (χ1) is 8.13. The van der Waals surface area contributed by atoms with Gasteiger partial charge in [-0.3, -0.25) is 0 Å². The van der Waals surface area contributed by atoms with Gasteiger partial charge in [0, 0.05) is 5.57 Å². The van der Waals surface area contributed by atoms with E-state index in [0.29, 0.717) is 29.9 Å². The number of aliphatic hydroxyl groups excluding tert-OH is 1. The zero-order chi connectivity index (χ0) is 12.4. The van der Waals surface area contributed by atoms with Crippen LogP contribution in [-0.2, 0) is 9.53 Å². The van der Waals surface area contributed by atoms with E-state index in [0.717, 1.165) is 32.1 Å². The second kappa shape index (κ2) is 5.21. The monoisotopic (exact) mass is 238 g/mol. The van der Waals surface area contributed by atoms with Crippen LogP contribution in [0.2, 0.25) is 0 Å². The molecule has 0 aliphatic heterocycles. The van der Waals surface area contributed by atoms with E-state index in [-0.39, 0.29) is 12.1 Å². The third-order valence-corrected chi connectivity index (χ3v) is 4.13. The molecule has 0 aromatic heterocycles. The number of rotatable bonds is 5. The highest BCUT2D eigenvalue weighted by Gasteiger charge is 2.44. The molecule has 0 radical (unpaired) electrons. The number of esters is 1. The van der Waals surface area contributed by atoms with E-state index in [1.54, 1.807) is 0 Å². The van der Waals surface area contributed by atoms with Gasteiger partial charge < -0.3 is 9.84 Å². The summed E-state index contributed by atoms with van der Waals surface area (Å²) in [5.74, 6) is 1.05. The molecule has 2 aliphatic carbocycles. The molecule has 0 amide bonds. The second-order valence-corrected chi connectivity index (χ2v) is 5.34. The zero-order valence-electron chi connectivity index (χ0n) is 10.5. The van der Waals surface area contributed by atoms with E-state index in [9.17, 15) is 9.90 Å². The molecular weight excluding hydrogens is 216 g/mol. The Bertz CT molecular complexity index is 311. The topological polar surface area (TPSA) is 46.5 Å². The maximum atomic E-state index is 11.5. The number of hydrogen-bond acceptors (Lipinski definition) is 3. The van der Waals surface area contributed by atoms with E-state index >= 15 is 0 Å². The van der Waals surface area contributed by atoms with Crippen molar-refractivity contribution in [1.82, 2.24) is 0 Å². The van der Waals surface area contributed by atoms with E-state index in [1.807, 2.05) is 6.92 Å². The average molecular weight is 238 g/mol. The Hall–Kier alpha value is -0.830. The second-order valence-electron chi connectivity index (χ2n) is 5.34. The van der Waals surface area contributed by atoms with Gasteiger partial charge in [0.25, 0.3) is 0 Å². The molecular formula is C14H22O3. The number of carbonyl (C=O) groups excluding carboxylic acids is 1. The van der Waals surface area contributed by atoms with Gasteiger partial charge in [-0.15, -0.1) is 0 Å². The third kappa shape index (κ3) is 2.89. The van der Waals surface area contributed by atoms with Crippen LogP contribution in [0.3, 0.4) is 0 Å². The van der Waals surface area contributed by atoms with E-state index in [1.165, 1.54) is 0 Å². The summed E-state index contributed by atoms with van der Waals surface area (Å²) >= 11 is 0.